The lowest BCUT2D eigenvalue weighted by Crippen LogP contribution is -2.09. The summed E-state index contributed by atoms with van der Waals surface area (Å²) >= 11 is 0. The largest absolute Gasteiger partial charge is 0.494 e. The summed E-state index contributed by atoms with van der Waals surface area (Å²) in [6.07, 6.45) is 2.28. The Morgan fingerprint density at radius 2 is 1.41 bits per heavy atom. The Hall–Kier alpha value is -3.61. The zero-order chi connectivity index (χ0) is 23.3. The number of ether oxygens (including phenoxy) is 4. The third kappa shape index (κ3) is 8.63. The summed E-state index contributed by atoms with van der Waals surface area (Å²) in [7, 11) is 0. The second kappa shape index (κ2) is 12.9. The third-order valence-corrected chi connectivity index (χ3v) is 4.27. The van der Waals surface area contributed by atoms with Crippen LogP contribution < -0.4 is 14.2 Å². The third-order valence-electron chi connectivity index (χ3n) is 4.27. The summed E-state index contributed by atoms with van der Waals surface area (Å²) in [5, 5.41) is 0. The fourth-order valence-corrected chi connectivity index (χ4v) is 2.61. The molecule has 0 heterocycles. The molecule has 2 aromatic carbocycles. The summed E-state index contributed by atoms with van der Waals surface area (Å²) in [6, 6.07) is 12.9. The number of esters is 3. The molecule has 2 aromatic rings. The van der Waals surface area contributed by atoms with Crippen molar-refractivity contribution < 1.29 is 33.3 Å². The van der Waals surface area contributed by atoms with Gasteiger partial charge in [-0.3, -0.25) is 4.79 Å². The van der Waals surface area contributed by atoms with Gasteiger partial charge in [-0.15, -0.1) is 0 Å². The summed E-state index contributed by atoms with van der Waals surface area (Å²) in [5.74, 6) is 0.133. The van der Waals surface area contributed by atoms with Crippen LogP contribution in [0.4, 0.5) is 0 Å². The Balaban J connectivity index is 1.70. The van der Waals surface area contributed by atoms with Crippen LogP contribution in [0.3, 0.4) is 0 Å². The molecule has 0 aliphatic rings. The van der Waals surface area contributed by atoms with Crippen LogP contribution in [0.2, 0.25) is 0 Å². The van der Waals surface area contributed by atoms with Crippen molar-refractivity contribution >= 4 is 17.9 Å². The van der Waals surface area contributed by atoms with Crippen molar-refractivity contribution in [1.29, 1.82) is 0 Å². The topological polar surface area (TPSA) is 88.1 Å². The minimum absolute atomic E-state index is 0.253. The number of unbranched alkanes of at least 4 members (excludes halogenated alkanes) is 2. The Kier molecular flexibility index (Phi) is 9.97. The highest BCUT2D eigenvalue weighted by Gasteiger charge is 2.10. The summed E-state index contributed by atoms with van der Waals surface area (Å²) in [6.45, 7) is 7.84. The smallest absolute Gasteiger partial charge is 0.343 e. The molecule has 7 nitrogen and oxygen atoms in total. The van der Waals surface area contributed by atoms with Gasteiger partial charge in [-0.25, -0.2) is 9.59 Å². The van der Waals surface area contributed by atoms with E-state index < -0.39 is 11.9 Å². The summed E-state index contributed by atoms with van der Waals surface area (Å²) in [4.78, 5) is 35.4. The second-order valence-electron chi connectivity index (χ2n) is 7.02. The van der Waals surface area contributed by atoms with E-state index in [1.807, 2.05) is 6.92 Å². The van der Waals surface area contributed by atoms with E-state index in [1.165, 1.54) is 0 Å². The molecule has 0 saturated heterocycles. The molecule has 0 aliphatic carbocycles. The first-order chi connectivity index (χ1) is 15.4. The second-order valence-corrected chi connectivity index (χ2v) is 7.02. The lowest BCUT2D eigenvalue weighted by molar-refractivity contribution is -0.139. The van der Waals surface area contributed by atoms with Gasteiger partial charge in [0.15, 0.2) is 0 Å². The first kappa shape index (κ1) is 24.7. The molecule has 0 amide bonds. The van der Waals surface area contributed by atoms with Crippen LogP contribution in [0.5, 0.6) is 17.2 Å². The van der Waals surface area contributed by atoms with Crippen LogP contribution in [0.25, 0.3) is 0 Å². The average molecular weight is 440 g/mol. The number of benzene rings is 2. The molecule has 32 heavy (non-hydrogen) atoms. The van der Waals surface area contributed by atoms with E-state index in [-0.39, 0.29) is 12.4 Å². The van der Waals surface area contributed by atoms with Gasteiger partial charge in [0.25, 0.3) is 0 Å². The Morgan fingerprint density at radius 3 is 2.00 bits per heavy atom. The summed E-state index contributed by atoms with van der Waals surface area (Å²) < 4.78 is 21.0. The molecule has 170 valence electrons. The first-order valence-corrected chi connectivity index (χ1v) is 10.5. The average Bonchev–Trinajstić information content (AvgIpc) is 2.78. The quantitative estimate of drug-likeness (QED) is 0.201. The molecule has 0 bridgehead atoms. The SMILES string of the molecule is C=C(C)C(=O)OCCCCCC(=O)Oc1ccc(OC(=O)c2ccc(OCC)cc2)cc1. The van der Waals surface area contributed by atoms with E-state index >= 15 is 0 Å². The minimum Gasteiger partial charge on any atom is -0.494 e. The highest BCUT2D eigenvalue weighted by molar-refractivity contribution is 5.91. The van der Waals surface area contributed by atoms with Crippen LogP contribution in [-0.2, 0) is 14.3 Å². The molecule has 0 N–H and O–H groups in total. The molecular weight excluding hydrogens is 412 g/mol. The number of hydrogen-bond donors (Lipinski definition) is 0. The van der Waals surface area contributed by atoms with E-state index in [0.717, 1.165) is 6.42 Å². The van der Waals surface area contributed by atoms with E-state index in [9.17, 15) is 14.4 Å². The van der Waals surface area contributed by atoms with E-state index in [2.05, 4.69) is 6.58 Å². The number of hydrogen-bond acceptors (Lipinski definition) is 7. The van der Waals surface area contributed by atoms with Gasteiger partial charge >= 0.3 is 17.9 Å². The van der Waals surface area contributed by atoms with Crippen LogP contribution in [-0.4, -0.2) is 31.1 Å². The maximum atomic E-state index is 12.2. The molecular formula is C25H28O7. The molecule has 0 aromatic heterocycles. The monoisotopic (exact) mass is 440 g/mol. The fourth-order valence-electron chi connectivity index (χ4n) is 2.61. The molecule has 0 unspecified atom stereocenters. The molecule has 2 rings (SSSR count). The van der Waals surface area contributed by atoms with E-state index in [1.54, 1.807) is 55.5 Å². The number of carbonyl (C=O) groups excluding carboxylic acids is 3. The minimum atomic E-state index is -0.494. The highest BCUT2D eigenvalue weighted by atomic mass is 16.5. The molecule has 0 saturated carbocycles. The Morgan fingerprint density at radius 1 is 0.812 bits per heavy atom. The van der Waals surface area contributed by atoms with Gasteiger partial charge in [0.05, 0.1) is 18.8 Å². The lowest BCUT2D eigenvalue weighted by Gasteiger charge is -2.08. The zero-order valence-electron chi connectivity index (χ0n) is 18.4. The predicted molar refractivity (Wildman–Crippen MR) is 119 cm³/mol. The van der Waals surface area contributed by atoms with Crippen molar-refractivity contribution in [3.05, 3.63) is 66.2 Å². The molecule has 0 spiro atoms. The molecule has 0 aliphatic heterocycles. The van der Waals surface area contributed by atoms with Gasteiger partial charge < -0.3 is 18.9 Å². The Labute approximate surface area is 187 Å². The fraction of sp³-hybridized carbons (Fsp3) is 0.320. The molecule has 0 atom stereocenters. The van der Waals surface area contributed by atoms with Crippen molar-refractivity contribution in [1.82, 2.24) is 0 Å². The van der Waals surface area contributed by atoms with Gasteiger partial charge in [0, 0.05) is 12.0 Å². The van der Waals surface area contributed by atoms with Gasteiger partial charge in [0.2, 0.25) is 0 Å². The van der Waals surface area contributed by atoms with Crippen molar-refractivity contribution in [2.24, 2.45) is 0 Å². The maximum Gasteiger partial charge on any atom is 0.343 e. The van der Waals surface area contributed by atoms with Crippen LogP contribution in [0, 0.1) is 0 Å². The predicted octanol–water partition coefficient (Wildman–Crippen LogP) is 4.89. The number of rotatable bonds is 12. The van der Waals surface area contributed by atoms with Crippen LogP contribution >= 0.6 is 0 Å². The van der Waals surface area contributed by atoms with Crippen molar-refractivity contribution in [3.8, 4) is 17.2 Å². The Bertz CT molecular complexity index is 914. The van der Waals surface area contributed by atoms with Gasteiger partial charge in [-0.2, -0.15) is 0 Å². The first-order valence-electron chi connectivity index (χ1n) is 10.5. The van der Waals surface area contributed by atoms with Crippen LogP contribution in [0.15, 0.2) is 60.7 Å². The van der Waals surface area contributed by atoms with Gasteiger partial charge in [0.1, 0.15) is 17.2 Å². The molecule has 7 heteroatoms. The number of carbonyl (C=O) groups is 3. The van der Waals surface area contributed by atoms with Crippen molar-refractivity contribution in [2.75, 3.05) is 13.2 Å². The molecule has 0 fully saturated rings. The maximum absolute atomic E-state index is 12.2. The highest BCUT2D eigenvalue weighted by Crippen LogP contribution is 2.20. The van der Waals surface area contributed by atoms with E-state index in [0.29, 0.717) is 54.4 Å². The van der Waals surface area contributed by atoms with Gasteiger partial charge in [-0.05, 0) is 81.6 Å². The molecule has 0 radical (unpaired) electrons. The lowest BCUT2D eigenvalue weighted by atomic mass is 10.2. The normalized spacial score (nSPS) is 10.2. The standard InChI is InChI=1S/C25H28O7/c1-4-29-20-11-9-19(10-12-20)25(28)32-22-15-13-21(14-16-22)31-23(26)8-6-5-7-17-30-24(27)18(2)3/h9-16H,2,4-8,17H2,1,3H3. The van der Waals surface area contributed by atoms with Crippen molar-refractivity contribution in [3.63, 3.8) is 0 Å². The van der Waals surface area contributed by atoms with E-state index in [4.69, 9.17) is 18.9 Å². The zero-order valence-corrected chi connectivity index (χ0v) is 18.4. The van der Waals surface area contributed by atoms with Crippen LogP contribution in [0.1, 0.15) is 49.9 Å². The van der Waals surface area contributed by atoms with Gasteiger partial charge in [-0.1, -0.05) is 6.58 Å². The van der Waals surface area contributed by atoms with Crippen molar-refractivity contribution in [2.45, 2.75) is 39.5 Å². The summed E-state index contributed by atoms with van der Waals surface area (Å²) in [5.41, 5.74) is 0.767.